The highest BCUT2D eigenvalue weighted by atomic mass is 16.5. The second kappa shape index (κ2) is 2.68. The normalized spacial score (nSPS) is 29.8. The van der Waals surface area contributed by atoms with Crippen LogP contribution in [-0.2, 0) is 14.3 Å². The van der Waals surface area contributed by atoms with Crippen molar-refractivity contribution in [2.24, 2.45) is 0 Å². The van der Waals surface area contributed by atoms with Crippen LogP contribution in [-0.4, -0.2) is 25.0 Å². The van der Waals surface area contributed by atoms with Gasteiger partial charge in [-0.15, -0.1) is 0 Å². The van der Waals surface area contributed by atoms with Crippen molar-refractivity contribution in [3.05, 3.63) is 0 Å². The summed E-state index contributed by atoms with van der Waals surface area (Å²) in [6.07, 6.45) is 0.536. The maximum absolute atomic E-state index is 11.0. The van der Waals surface area contributed by atoms with E-state index in [4.69, 9.17) is 4.11 Å². The minimum Gasteiger partial charge on any atom is -0.467 e. The third-order valence-corrected chi connectivity index (χ3v) is 1.38. The summed E-state index contributed by atoms with van der Waals surface area (Å²) in [7, 11) is -2.73. The van der Waals surface area contributed by atoms with Crippen LogP contribution in [0.5, 0.6) is 0 Å². The lowest BCUT2D eigenvalue weighted by Crippen LogP contribution is -2.33. The SMILES string of the molecule is [2H]C([2H])([2H])OC(=O)[C@@H]1CCC(=O)N1. The first kappa shape index (κ1) is 3.95. The highest BCUT2D eigenvalue weighted by Gasteiger charge is 2.27. The standard InChI is InChI=1S/C6H9NO3/c1-10-6(9)4-2-3-5(8)7-4/h4H,2-3H2,1H3,(H,7,8)/t4-/m0/s1/i1D3. The molecule has 1 saturated heterocycles. The number of methoxy groups -OCH3 is 1. The van der Waals surface area contributed by atoms with E-state index in [2.05, 4.69) is 10.1 Å². The highest BCUT2D eigenvalue weighted by Crippen LogP contribution is 2.06. The number of carbonyl (C=O) groups is 2. The number of carbonyl (C=O) groups excluding carboxylic acids is 2. The van der Waals surface area contributed by atoms with Crippen molar-refractivity contribution in [3.8, 4) is 0 Å². The molecule has 0 saturated carbocycles. The van der Waals surface area contributed by atoms with Gasteiger partial charge in [-0.2, -0.15) is 0 Å². The van der Waals surface area contributed by atoms with Gasteiger partial charge in [-0.1, -0.05) is 0 Å². The zero-order valence-electron chi connectivity index (χ0n) is 8.22. The number of amides is 1. The molecule has 0 aromatic carbocycles. The zero-order valence-corrected chi connectivity index (χ0v) is 5.22. The Morgan fingerprint density at radius 3 is 3.30 bits per heavy atom. The van der Waals surface area contributed by atoms with Crippen LogP contribution >= 0.6 is 0 Å². The van der Waals surface area contributed by atoms with Crippen LogP contribution in [0.15, 0.2) is 0 Å². The largest absolute Gasteiger partial charge is 0.467 e. The van der Waals surface area contributed by atoms with Gasteiger partial charge in [0.1, 0.15) is 6.04 Å². The van der Waals surface area contributed by atoms with Crippen LogP contribution in [0.4, 0.5) is 0 Å². The monoisotopic (exact) mass is 146 g/mol. The second-order valence-corrected chi connectivity index (χ2v) is 2.08. The van der Waals surface area contributed by atoms with Crippen LogP contribution in [0.25, 0.3) is 0 Å². The molecule has 4 heteroatoms. The smallest absolute Gasteiger partial charge is 0.328 e. The first-order valence-corrected chi connectivity index (χ1v) is 2.91. The molecule has 1 aliphatic heterocycles. The Morgan fingerprint density at radius 2 is 2.80 bits per heavy atom. The Balaban J connectivity index is 2.45. The molecule has 0 aromatic rings. The first-order valence-electron chi connectivity index (χ1n) is 4.41. The van der Waals surface area contributed by atoms with Gasteiger partial charge in [0.15, 0.2) is 0 Å². The third kappa shape index (κ3) is 1.26. The van der Waals surface area contributed by atoms with E-state index < -0.39 is 19.0 Å². The van der Waals surface area contributed by atoms with E-state index in [-0.39, 0.29) is 12.3 Å². The van der Waals surface area contributed by atoms with Crippen molar-refractivity contribution in [1.29, 1.82) is 0 Å². The molecule has 1 N–H and O–H groups in total. The molecule has 0 aromatic heterocycles. The minimum atomic E-state index is -2.73. The van der Waals surface area contributed by atoms with Crippen molar-refractivity contribution < 1.29 is 18.4 Å². The summed E-state index contributed by atoms with van der Waals surface area (Å²) in [6.45, 7) is 0. The van der Waals surface area contributed by atoms with Crippen molar-refractivity contribution in [2.45, 2.75) is 18.9 Å². The highest BCUT2D eigenvalue weighted by molar-refractivity contribution is 5.87. The number of hydrogen-bond donors (Lipinski definition) is 1. The molecule has 0 bridgehead atoms. The number of esters is 1. The summed E-state index contributed by atoms with van der Waals surface area (Å²) in [5, 5.41) is 2.31. The Labute approximate surface area is 62.8 Å². The maximum Gasteiger partial charge on any atom is 0.328 e. The van der Waals surface area contributed by atoms with Gasteiger partial charge < -0.3 is 10.1 Å². The molecule has 56 valence electrons. The maximum atomic E-state index is 11.0. The number of rotatable bonds is 1. The lowest BCUT2D eigenvalue weighted by atomic mass is 10.2. The van der Waals surface area contributed by atoms with E-state index in [1.54, 1.807) is 0 Å². The Morgan fingerprint density at radius 1 is 2.00 bits per heavy atom. The van der Waals surface area contributed by atoms with Crippen molar-refractivity contribution in [1.82, 2.24) is 5.32 Å². The quantitative estimate of drug-likeness (QED) is 0.504. The van der Waals surface area contributed by atoms with E-state index in [9.17, 15) is 9.59 Å². The molecule has 1 atom stereocenters. The van der Waals surface area contributed by atoms with Gasteiger partial charge in [-0.3, -0.25) is 4.79 Å². The van der Waals surface area contributed by atoms with Crippen LogP contribution in [0.1, 0.15) is 17.0 Å². The van der Waals surface area contributed by atoms with E-state index in [1.165, 1.54) is 0 Å². The van der Waals surface area contributed by atoms with Gasteiger partial charge in [0.2, 0.25) is 5.91 Å². The molecule has 1 rings (SSSR count). The summed E-state index contributed by atoms with van der Waals surface area (Å²) in [6, 6.07) is -0.798. The molecule has 0 unspecified atom stereocenters. The Kier molecular flexibility index (Phi) is 1.06. The van der Waals surface area contributed by atoms with Crippen LogP contribution in [0, 0.1) is 0 Å². The third-order valence-electron chi connectivity index (χ3n) is 1.38. The predicted molar refractivity (Wildman–Crippen MR) is 33.2 cm³/mol. The molecule has 4 nitrogen and oxygen atoms in total. The van der Waals surface area contributed by atoms with Crippen LogP contribution in [0.2, 0.25) is 0 Å². The van der Waals surface area contributed by atoms with Gasteiger partial charge in [-0.05, 0) is 6.42 Å². The fourth-order valence-corrected chi connectivity index (χ4v) is 0.862. The van der Waals surface area contributed by atoms with Gasteiger partial charge >= 0.3 is 5.97 Å². The lowest BCUT2D eigenvalue weighted by molar-refractivity contribution is -0.143. The molecule has 0 radical (unpaired) electrons. The fraction of sp³-hybridized carbons (Fsp3) is 0.667. The fourth-order valence-electron chi connectivity index (χ4n) is 0.862. The summed E-state index contributed by atoms with van der Waals surface area (Å²) < 4.78 is 24.1. The van der Waals surface area contributed by atoms with E-state index in [1.807, 2.05) is 0 Å². The number of hydrogen-bond acceptors (Lipinski definition) is 3. The lowest BCUT2D eigenvalue weighted by Gasteiger charge is -2.04. The number of nitrogens with one attached hydrogen (secondary N) is 1. The Bertz CT molecular complexity index is 238. The summed E-state index contributed by atoms with van der Waals surface area (Å²) in [5.74, 6) is -1.15. The summed E-state index contributed by atoms with van der Waals surface area (Å²) in [4.78, 5) is 21.7. The predicted octanol–water partition coefficient (Wildman–Crippen LogP) is -0.562. The van der Waals surface area contributed by atoms with E-state index >= 15 is 0 Å². The molecular weight excluding hydrogens is 134 g/mol. The van der Waals surface area contributed by atoms with E-state index in [0.717, 1.165) is 0 Å². The topological polar surface area (TPSA) is 55.4 Å². The molecule has 1 fully saturated rings. The minimum absolute atomic E-state index is 0.237. The van der Waals surface area contributed by atoms with Crippen molar-refractivity contribution >= 4 is 11.9 Å². The average molecular weight is 146 g/mol. The summed E-state index contributed by atoms with van der Waals surface area (Å²) >= 11 is 0. The molecular formula is C6H9NO3. The van der Waals surface area contributed by atoms with Crippen molar-refractivity contribution in [3.63, 3.8) is 0 Å². The molecule has 10 heavy (non-hydrogen) atoms. The molecule has 1 aliphatic rings. The first-order chi connectivity index (χ1) is 5.88. The second-order valence-electron chi connectivity index (χ2n) is 2.08. The number of ether oxygens (including phenoxy) is 1. The van der Waals surface area contributed by atoms with Crippen molar-refractivity contribution in [2.75, 3.05) is 7.04 Å². The van der Waals surface area contributed by atoms with Crippen LogP contribution < -0.4 is 5.32 Å². The molecule has 1 heterocycles. The van der Waals surface area contributed by atoms with Gasteiger partial charge in [0.05, 0.1) is 11.2 Å². The van der Waals surface area contributed by atoms with E-state index in [0.29, 0.717) is 6.42 Å². The average Bonchev–Trinajstić information content (AvgIpc) is 2.31. The van der Waals surface area contributed by atoms with Gasteiger partial charge in [0, 0.05) is 6.42 Å². The Hall–Kier alpha value is -1.06. The molecule has 1 amide bonds. The molecule has 0 aliphatic carbocycles. The van der Waals surface area contributed by atoms with Gasteiger partial charge in [0.25, 0.3) is 0 Å². The van der Waals surface area contributed by atoms with Crippen LogP contribution in [0.3, 0.4) is 0 Å². The molecule has 0 spiro atoms. The summed E-state index contributed by atoms with van der Waals surface area (Å²) in [5.41, 5.74) is 0. The zero-order chi connectivity index (χ0) is 10.1. The van der Waals surface area contributed by atoms with Gasteiger partial charge in [-0.25, -0.2) is 4.79 Å².